The van der Waals surface area contributed by atoms with Crippen LogP contribution in [0.15, 0.2) is 18.3 Å². The van der Waals surface area contributed by atoms with Gasteiger partial charge >= 0.3 is 17.9 Å². The van der Waals surface area contributed by atoms with Crippen molar-refractivity contribution in [3.63, 3.8) is 0 Å². The molecular formula is C10H10ClF3N2O3. The number of hydrogen-bond acceptors (Lipinski definition) is 5. The minimum atomic E-state index is -5.05. The number of hydrogen-bond donors (Lipinski definition) is 1. The summed E-state index contributed by atoms with van der Waals surface area (Å²) in [6.07, 6.45) is -3.92. The number of nitrogens with one attached hydrogen (secondary N) is 1. The van der Waals surface area contributed by atoms with Gasteiger partial charge in [0, 0.05) is 13.3 Å². The van der Waals surface area contributed by atoms with Gasteiger partial charge in [0.2, 0.25) is 0 Å². The SMILES string of the molecule is COC(=O)C(Nc1ccc(Cl)cn1)(OC)C(F)(F)F. The Bertz CT molecular complexity index is 452. The first-order chi connectivity index (χ1) is 8.76. The number of alkyl halides is 3. The van der Waals surface area contributed by atoms with Crippen molar-refractivity contribution >= 4 is 23.4 Å². The highest BCUT2D eigenvalue weighted by Gasteiger charge is 2.63. The first-order valence-electron chi connectivity index (χ1n) is 4.87. The van der Waals surface area contributed by atoms with Crippen molar-refractivity contribution in [1.29, 1.82) is 0 Å². The summed E-state index contributed by atoms with van der Waals surface area (Å²) in [5, 5.41) is 2.10. The lowest BCUT2D eigenvalue weighted by molar-refractivity contribution is -0.259. The fraction of sp³-hybridized carbons (Fsp3) is 0.400. The molecule has 0 aliphatic heterocycles. The van der Waals surface area contributed by atoms with Crippen LogP contribution in [0.25, 0.3) is 0 Å². The van der Waals surface area contributed by atoms with Gasteiger partial charge in [-0.2, -0.15) is 13.2 Å². The maximum Gasteiger partial charge on any atom is 0.448 e. The highest BCUT2D eigenvalue weighted by atomic mass is 35.5. The van der Waals surface area contributed by atoms with E-state index in [1.165, 1.54) is 12.1 Å². The van der Waals surface area contributed by atoms with Crippen LogP contribution in [0, 0.1) is 0 Å². The van der Waals surface area contributed by atoms with Crippen LogP contribution in [0.1, 0.15) is 0 Å². The third kappa shape index (κ3) is 3.07. The van der Waals surface area contributed by atoms with Crippen LogP contribution in [0.3, 0.4) is 0 Å². The second-order valence-electron chi connectivity index (χ2n) is 3.36. The third-order valence-corrected chi connectivity index (χ3v) is 2.43. The van der Waals surface area contributed by atoms with Crippen LogP contribution in [0.4, 0.5) is 19.0 Å². The monoisotopic (exact) mass is 298 g/mol. The first-order valence-corrected chi connectivity index (χ1v) is 5.24. The molecule has 1 N–H and O–H groups in total. The van der Waals surface area contributed by atoms with E-state index in [1.807, 2.05) is 5.32 Å². The van der Waals surface area contributed by atoms with Crippen molar-refractivity contribution in [2.75, 3.05) is 19.5 Å². The number of carbonyl (C=O) groups excluding carboxylic acids is 1. The number of methoxy groups -OCH3 is 2. The summed E-state index contributed by atoms with van der Waals surface area (Å²) in [5.41, 5.74) is -3.33. The lowest BCUT2D eigenvalue weighted by Crippen LogP contribution is -2.60. The molecule has 0 radical (unpaired) electrons. The van der Waals surface area contributed by atoms with Crippen molar-refractivity contribution in [2.45, 2.75) is 11.9 Å². The van der Waals surface area contributed by atoms with Crippen LogP contribution < -0.4 is 5.32 Å². The smallest absolute Gasteiger partial charge is 0.448 e. The van der Waals surface area contributed by atoms with Gasteiger partial charge in [-0.1, -0.05) is 11.6 Å². The van der Waals surface area contributed by atoms with Crippen LogP contribution in [-0.4, -0.2) is 37.1 Å². The molecule has 0 spiro atoms. The first kappa shape index (κ1) is 15.5. The summed E-state index contributed by atoms with van der Waals surface area (Å²) < 4.78 is 47.5. The molecule has 19 heavy (non-hydrogen) atoms. The third-order valence-electron chi connectivity index (χ3n) is 2.21. The van der Waals surface area contributed by atoms with Crippen LogP contribution in [0.5, 0.6) is 0 Å². The Morgan fingerprint density at radius 2 is 2.00 bits per heavy atom. The van der Waals surface area contributed by atoms with E-state index in [2.05, 4.69) is 14.5 Å². The second kappa shape index (κ2) is 5.62. The van der Waals surface area contributed by atoms with E-state index < -0.39 is 17.9 Å². The van der Waals surface area contributed by atoms with E-state index in [0.29, 0.717) is 0 Å². The maximum absolute atomic E-state index is 13.0. The van der Waals surface area contributed by atoms with E-state index in [0.717, 1.165) is 20.4 Å². The molecule has 5 nitrogen and oxygen atoms in total. The van der Waals surface area contributed by atoms with Gasteiger partial charge < -0.3 is 14.8 Å². The zero-order chi connectivity index (χ0) is 14.7. The summed E-state index contributed by atoms with van der Waals surface area (Å²) >= 11 is 5.56. The highest BCUT2D eigenvalue weighted by Crippen LogP contribution is 2.35. The summed E-state index contributed by atoms with van der Waals surface area (Å²) in [4.78, 5) is 15.0. The summed E-state index contributed by atoms with van der Waals surface area (Å²) in [7, 11) is 1.55. The lowest BCUT2D eigenvalue weighted by atomic mass is 10.2. The quantitative estimate of drug-likeness (QED) is 0.682. The van der Waals surface area contributed by atoms with Crippen molar-refractivity contribution < 1.29 is 27.4 Å². The number of esters is 1. The number of ether oxygens (including phenoxy) is 2. The van der Waals surface area contributed by atoms with Gasteiger partial charge in [0.15, 0.2) is 0 Å². The molecule has 1 aromatic heterocycles. The van der Waals surface area contributed by atoms with E-state index in [1.54, 1.807) is 0 Å². The molecule has 9 heteroatoms. The molecule has 1 rings (SSSR count). The van der Waals surface area contributed by atoms with E-state index in [4.69, 9.17) is 11.6 Å². The number of pyridine rings is 1. The molecule has 106 valence electrons. The van der Waals surface area contributed by atoms with Crippen LogP contribution in [-0.2, 0) is 14.3 Å². The van der Waals surface area contributed by atoms with Gasteiger partial charge in [-0.05, 0) is 12.1 Å². The fourth-order valence-electron chi connectivity index (χ4n) is 1.26. The molecule has 0 bridgehead atoms. The molecule has 0 aliphatic rings. The van der Waals surface area contributed by atoms with Crippen LogP contribution >= 0.6 is 11.6 Å². The number of nitrogens with zero attached hydrogens (tertiary/aromatic N) is 1. The molecule has 0 fully saturated rings. The predicted molar refractivity (Wildman–Crippen MR) is 60.7 cm³/mol. The Morgan fingerprint density at radius 3 is 2.37 bits per heavy atom. The van der Waals surface area contributed by atoms with E-state index >= 15 is 0 Å². The minimum Gasteiger partial charge on any atom is -0.465 e. The zero-order valence-corrected chi connectivity index (χ0v) is 10.7. The van der Waals surface area contributed by atoms with Gasteiger partial charge in [0.05, 0.1) is 12.1 Å². The normalized spacial score (nSPS) is 14.6. The molecule has 0 aliphatic carbocycles. The number of halogens is 4. The Morgan fingerprint density at radius 1 is 1.37 bits per heavy atom. The Labute approximate surface area is 111 Å². The molecule has 0 aromatic carbocycles. The molecule has 1 atom stereocenters. The molecule has 1 aromatic rings. The van der Waals surface area contributed by atoms with Gasteiger partial charge in [-0.3, -0.25) is 0 Å². The summed E-state index contributed by atoms with van der Waals surface area (Å²) in [6.45, 7) is 0. The molecule has 1 heterocycles. The number of aromatic nitrogens is 1. The largest absolute Gasteiger partial charge is 0.465 e. The minimum absolute atomic E-state index is 0.235. The predicted octanol–water partition coefficient (Wildman–Crippen LogP) is 2.22. The number of anilines is 1. The Balaban J connectivity index is 3.17. The van der Waals surface area contributed by atoms with Gasteiger partial charge in [-0.15, -0.1) is 0 Å². The summed E-state index contributed by atoms with van der Waals surface area (Å²) in [6, 6.07) is 2.48. The van der Waals surface area contributed by atoms with Gasteiger partial charge in [-0.25, -0.2) is 9.78 Å². The molecular weight excluding hydrogens is 289 g/mol. The van der Waals surface area contributed by atoms with E-state index in [-0.39, 0.29) is 10.8 Å². The lowest BCUT2D eigenvalue weighted by Gasteiger charge is -2.32. The van der Waals surface area contributed by atoms with Crippen molar-refractivity contribution in [3.05, 3.63) is 23.4 Å². The maximum atomic E-state index is 13.0. The molecule has 1 unspecified atom stereocenters. The summed E-state index contributed by atoms with van der Waals surface area (Å²) in [5.74, 6) is -1.88. The van der Waals surface area contributed by atoms with Crippen molar-refractivity contribution in [3.8, 4) is 0 Å². The van der Waals surface area contributed by atoms with E-state index in [9.17, 15) is 18.0 Å². The van der Waals surface area contributed by atoms with Crippen molar-refractivity contribution in [1.82, 2.24) is 4.98 Å². The second-order valence-corrected chi connectivity index (χ2v) is 3.80. The molecule has 0 saturated heterocycles. The molecule has 0 amide bonds. The van der Waals surface area contributed by atoms with Gasteiger partial charge in [0.1, 0.15) is 5.82 Å². The number of carbonyl (C=O) groups is 1. The van der Waals surface area contributed by atoms with Crippen LogP contribution in [0.2, 0.25) is 5.02 Å². The number of rotatable bonds is 4. The molecule has 0 saturated carbocycles. The zero-order valence-electron chi connectivity index (χ0n) is 9.92. The Hall–Kier alpha value is -1.54. The fourth-order valence-corrected chi connectivity index (χ4v) is 1.37. The highest BCUT2D eigenvalue weighted by molar-refractivity contribution is 6.30. The average Bonchev–Trinajstić information content (AvgIpc) is 2.36. The topological polar surface area (TPSA) is 60.5 Å². The van der Waals surface area contributed by atoms with Gasteiger partial charge in [0.25, 0.3) is 0 Å². The standard InChI is InChI=1S/C10H10ClF3N2O3/c1-18-8(17)9(19-2,10(12,13)14)16-7-4-3-6(11)5-15-7/h3-5H,1-2H3,(H,15,16). The average molecular weight is 299 g/mol. The van der Waals surface area contributed by atoms with Crippen molar-refractivity contribution in [2.24, 2.45) is 0 Å². The Kier molecular flexibility index (Phi) is 4.59.